The summed E-state index contributed by atoms with van der Waals surface area (Å²) in [6.45, 7) is 2.27. The van der Waals surface area contributed by atoms with Crippen molar-refractivity contribution >= 4 is 103 Å². The van der Waals surface area contributed by atoms with Gasteiger partial charge >= 0.3 is 0 Å². The molecule has 0 amide bonds. The second-order valence-corrected chi connectivity index (χ2v) is 19.4. The molecule has 0 radical (unpaired) electrons. The van der Waals surface area contributed by atoms with Crippen molar-refractivity contribution in [2.24, 2.45) is 9.98 Å². The summed E-state index contributed by atoms with van der Waals surface area (Å²) < 4.78 is 11.8. The minimum atomic E-state index is 0.150. The molecule has 1 aliphatic heterocycles. The van der Waals surface area contributed by atoms with Gasteiger partial charge in [-0.2, -0.15) is 0 Å². The summed E-state index contributed by atoms with van der Waals surface area (Å²) >= 11 is 1.83. The fourth-order valence-corrected chi connectivity index (χ4v) is 12.4. The van der Waals surface area contributed by atoms with E-state index < -0.39 is 0 Å². The normalized spacial score (nSPS) is 18.2. The fourth-order valence-electron chi connectivity index (χ4n) is 11.3. The Morgan fingerprint density at radius 3 is 2.04 bits per heavy atom. The van der Waals surface area contributed by atoms with Crippen LogP contribution in [-0.4, -0.2) is 16.2 Å². The van der Waals surface area contributed by atoms with Crippen LogP contribution < -0.4 is 0 Å². The first-order valence-electron chi connectivity index (χ1n) is 23.4. The molecule has 318 valence electrons. The van der Waals surface area contributed by atoms with Gasteiger partial charge in [0, 0.05) is 65.2 Å². The number of furan rings is 1. The van der Waals surface area contributed by atoms with Gasteiger partial charge in [-0.25, -0.2) is 9.98 Å². The quantitative estimate of drug-likeness (QED) is 0.174. The molecule has 2 aliphatic rings. The minimum Gasteiger partial charge on any atom is -0.455 e. The molecule has 14 rings (SSSR count). The Kier molecular flexibility index (Phi) is 8.65. The lowest BCUT2D eigenvalue weighted by Gasteiger charge is -2.21. The van der Waals surface area contributed by atoms with Crippen LogP contribution in [0.25, 0.3) is 91.5 Å². The summed E-state index contributed by atoms with van der Waals surface area (Å²) in [5.41, 5.74) is 14.9. The summed E-state index contributed by atoms with van der Waals surface area (Å²) in [6.07, 6.45) is 3.47. The minimum absolute atomic E-state index is 0.150. The molecule has 67 heavy (non-hydrogen) atoms. The third-order valence-electron chi connectivity index (χ3n) is 14.5. The van der Waals surface area contributed by atoms with Gasteiger partial charge in [0.15, 0.2) is 5.84 Å². The predicted molar refractivity (Wildman–Crippen MR) is 283 cm³/mol. The maximum atomic E-state index is 6.96. The van der Waals surface area contributed by atoms with Crippen LogP contribution in [0.4, 0.5) is 0 Å². The number of hydrogen-bond acceptors (Lipinski definition) is 4. The summed E-state index contributed by atoms with van der Waals surface area (Å²) in [5, 5.41) is 9.79. The van der Waals surface area contributed by atoms with Gasteiger partial charge in [-0.15, -0.1) is 11.3 Å². The van der Waals surface area contributed by atoms with Gasteiger partial charge in [0.2, 0.25) is 0 Å². The van der Waals surface area contributed by atoms with E-state index in [0.717, 1.165) is 81.3 Å². The Morgan fingerprint density at radius 1 is 0.522 bits per heavy atom. The molecule has 0 saturated carbocycles. The fraction of sp³-hybridized carbons (Fsp3) is 0.0968. The molecule has 0 saturated heterocycles. The molecule has 3 aromatic heterocycles. The number of benzene rings is 9. The van der Waals surface area contributed by atoms with Crippen LogP contribution in [0.5, 0.6) is 0 Å². The maximum absolute atomic E-state index is 6.96. The molecule has 9 aromatic carbocycles. The highest BCUT2D eigenvalue weighted by Gasteiger charge is 2.28. The van der Waals surface area contributed by atoms with Crippen molar-refractivity contribution in [1.82, 2.24) is 4.57 Å². The lowest BCUT2D eigenvalue weighted by atomic mass is 9.84. The second kappa shape index (κ2) is 15.1. The van der Waals surface area contributed by atoms with Crippen LogP contribution >= 0.6 is 11.3 Å². The standard InChI is InChI=1S/C62H43N3OS/c1-37-26-31-59(65-54-22-10-6-18-46(54)47-19-7-11-23-55(47)65)63-62(41-28-30-50-49-21-9-13-25-57(49)67-58(50)36-41)64-60(37)53-35-42(34-52-48-20-8-12-24-56(48)66-61(52)53)43-29-27-40-32-38-14-2-3-15-39(38)33-51(40)45-17-5-4-16-44(43)45/h2-25,28,30,32-36,43H,26-27,29,31H2,1H3/b60-37+,63-59+,64-62-. The molecule has 5 heteroatoms. The Morgan fingerprint density at radius 2 is 1.21 bits per heavy atom. The molecular weight excluding hydrogens is 835 g/mol. The molecule has 1 atom stereocenters. The molecule has 1 aliphatic carbocycles. The number of fused-ring (bicyclic) bond motifs is 13. The molecule has 0 bridgehead atoms. The number of nitrogens with zero attached hydrogens (tertiary/aromatic N) is 3. The molecule has 4 heterocycles. The lowest BCUT2D eigenvalue weighted by molar-refractivity contribution is 0.666. The molecular formula is C62H43N3OS. The number of aromatic nitrogens is 1. The van der Waals surface area contributed by atoms with Gasteiger partial charge in [0.1, 0.15) is 17.0 Å². The number of thiophene rings is 1. The Balaban J connectivity index is 1.00. The van der Waals surface area contributed by atoms with Crippen LogP contribution in [0.1, 0.15) is 59.9 Å². The zero-order valence-electron chi connectivity index (χ0n) is 37.0. The highest BCUT2D eigenvalue weighted by molar-refractivity contribution is 7.25. The number of aryl methyl sites for hydroxylation is 1. The second-order valence-electron chi connectivity index (χ2n) is 18.3. The van der Waals surface area contributed by atoms with Crippen LogP contribution in [0.3, 0.4) is 0 Å². The molecule has 4 nitrogen and oxygen atoms in total. The molecule has 0 spiro atoms. The number of rotatable bonds is 3. The monoisotopic (exact) mass is 877 g/mol. The van der Waals surface area contributed by atoms with Gasteiger partial charge in [-0.1, -0.05) is 140 Å². The number of aliphatic imine (C=N–C) groups is 2. The maximum Gasteiger partial charge on any atom is 0.161 e. The van der Waals surface area contributed by atoms with E-state index >= 15 is 0 Å². The van der Waals surface area contributed by atoms with E-state index in [9.17, 15) is 0 Å². The summed E-state index contributed by atoms with van der Waals surface area (Å²) in [7, 11) is 0. The third kappa shape index (κ3) is 6.11. The highest BCUT2D eigenvalue weighted by Crippen LogP contribution is 2.46. The molecule has 1 unspecified atom stereocenters. The van der Waals surface area contributed by atoms with Crippen LogP contribution in [0.15, 0.2) is 208 Å². The van der Waals surface area contributed by atoms with E-state index in [1.165, 1.54) is 75.1 Å². The lowest BCUT2D eigenvalue weighted by Crippen LogP contribution is -2.17. The average molecular weight is 878 g/mol. The first-order valence-corrected chi connectivity index (χ1v) is 24.3. The van der Waals surface area contributed by atoms with E-state index in [2.05, 4.69) is 200 Å². The smallest absolute Gasteiger partial charge is 0.161 e. The van der Waals surface area contributed by atoms with Crippen molar-refractivity contribution in [3.05, 3.63) is 221 Å². The van der Waals surface area contributed by atoms with E-state index in [4.69, 9.17) is 14.4 Å². The van der Waals surface area contributed by atoms with Gasteiger partial charge in [0.25, 0.3) is 0 Å². The number of allylic oxidation sites excluding steroid dienone is 1. The highest BCUT2D eigenvalue weighted by atomic mass is 32.1. The van der Waals surface area contributed by atoms with Crippen LogP contribution in [0.2, 0.25) is 0 Å². The van der Waals surface area contributed by atoms with E-state index in [1.54, 1.807) is 0 Å². The van der Waals surface area contributed by atoms with E-state index in [0.29, 0.717) is 5.84 Å². The number of hydrogen-bond donors (Lipinski definition) is 0. The van der Waals surface area contributed by atoms with Gasteiger partial charge in [-0.3, -0.25) is 4.57 Å². The molecule has 12 aromatic rings. The number of para-hydroxylation sites is 3. The molecule has 0 fully saturated rings. The van der Waals surface area contributed by atoms with Crippen molar-refractivity contribution in [2.45, 2.75) is 38.5 Å². The number of amidine groups is 1. The van der Waals surface area contributed by atoms with Gasteiger partial charge < -0.3 is 4.42 Å². The predicted octanol–water partition coefficient (Wildman–Crippen LogP) is 16.9. The first kappa shape index (κ1) is 38.4. The van der Waals surface area contributed by atoms with Crippen LogP contribution in [0, 0.1) is 0 Å². The van der Waals surface area contributed by atoms with Gasteiger partial charge in [-0.05, 0) is 119 Å². The zero-order chi connectivity index (χ0) is 44.2. The zero-order valence-corrected chi connectivity index (χ0v) is 37.8. The first-order chi connectivity index (χ1) is 33.1. The summed E-state index contributed by atoms with van der Waals surface area (Å²) in [4.78, 5) is 11.5. The van der Waals surface area contributed by atoms with Crippen LogP contribution in [-0.2, 0) is 6.42 Å². The Hall–Kier alpha value is -7.86. The van der Waals surface area contributed by atoms with Gasteiger partial charge in [0.05, 0.1) is 16.7 Å². The summed E-state index contributed by atoms with van der Waals surface area (Å²) in [5.74, 6) is 1.83. The van der Waals surface area contributed by atoms with Crippen molar-refractivity contribution < 1.29 is 4.42 Å². The van der Waals surface area contributed by atoms with E-state index in [-0.39, 0.29) is 5.92 Å². The van der Waals surface area contributed by atoms with Crippen molar-refractivity contribution in [3.63, 3.8) is 0 Å². The molecule has 0 N–H and O–H groups in total. The Labute approximate surface area is 391 Å². The van der Waals surface area contributed by atoms with Crippen molar-refractivity contribution in [2.75, 3.05) is 0 Å². The summed E-state index contributed by atoms with van der Waals surface area (Å²) in [6, 6.07) is 68.9. The van der Waals surface area contributed by atoms with Crippen molar-refractivity contribution in [1.29, 1.82) is 0 Å². The average Bonchev–Trinajstić information content (AvgIpc) is 4.01. The third-order valence-corrected chi connectivity index (χ3v) is 15.6. The van der Waals surface area contributed by atoms with Crippen molar-refractivity contribution in [3.8, 4) is 11.1 Å². The topological polar surface area (TPSA) is 42.8 Å². The van der Waals surface area contributed by atoms with E-state index in [1.807, 2.05) is 11.3 Å². The largest absolute Gasteiger partial charge is 0.455 e. The SMILES string of the molecule is C\C1=C(c2cc(C3CCc4cc5ccccc5cc4-c4ccccc43)cc3c2oc2ccccc23)/N=C(c2ccc3c(c2)sc2ccccc23)\N=C(\n2c3ccccc3c3ccccc32)CC1. The Bertz CT molecular complexity index is 4080.